The SMILES string of the molecule is Cc1cc(C(=O)Nc2cc(C)on2)nc(Nc2ccc(Cl)cc2Cl)n1. The van der Waals surface area contributed by atoms with Gasteiger partial charge in [0.15, 0.2) is 5.82 Å². The molecule has 2 N–H and O–H groups in total. The predicted octanol–water partition coefficient (Wildman–Crippen LogP) is 4.38. The molecule has 0 fully saturated rings. The van der Waals surface area contributed by atoms with Crippen LogP contribution in [0.1, 0.15) is 21.9 Å². The second kappa shape index (κ2) is 7.08. The lowest BCUT2D eigenvalue weighted by Crippen LogP contribution is -2.15. The first-order chi connectivity index (χ1) is 11.9. The van der Waals surface area contributed by atoms with Crippen molar-refractivity contribution in [2.75, 3.05) is 10.6 Å². The smallest absolute Gasteiger partial charge is 0.275 e. The van der Waals surface area contributed by atoms with Crippen molar-refractivity contribution in [3.63, 3.8) is 0 Å². The number of anilines is 3. The Kier molecular flexibility index (Phi) is 4.87. The second-order valence-corrected chi connectivity index (χ2v) is 6.09. The predicted molar refractivity (Wildman–Crippen MR) is 95.7 cm³/mol. The number of aromatic nitrogens is 3. The molecule has 0 radical (unpaired) electrons. The molecule has 2 heterocycles. The molecule has 25 heavy (non-hydrogen) atoms. The average molecular weight is 378 g/mol. The lowest BCUT2D eigenvalue weighted by Gasteiger charge is -2.09. The van der Waals surface area contributed by atoms with E-state index in [-0.39, 0.29) is 11.6 Å². The third kappa shape index (κ3) is 4.26. The summed E-state index contributed by atoms with van der Waals surface area (Å²) >= 11 is 12.0. The van der Waals surface area contributed by atoms with Gasteiger partial charge in [-0.1, -0.05) is 28.4 Å². The van der Waals surface area contributed by atoms with Crippen LogP contribution in [-0.2, 0) is 0 Å². The van der Waals surface area contributed by atoms with E-state index < -0.39 is 5.91 Å². The number of hydrogen-bond donors (Lipinski definition) is 2. The highest BCUT2D eigenvalue weighted by molar-refractivity contribution is 6.36. The topological polar surface area (TPSA) is 92.9 Å². The third-order valence-corrected chi connectivity index (χ3v) is 3.68. The molecule has 0 saturated heterocycles. The summed E-state index contributed by atoms with van der Waals surface area (Å²) in [6.45, 7) is 3.49. The van der Waals surface area contributed by atoms with Gasteiger partial charge >= 0.3 is 0 Å². The fraction of sp³-hybridized carbons (Fsp3) is 0.125. The Bertz CT molecular complexity index is 942. The molecule has 0 aliphatic carbocycles. The highest BCUT2D eigenvalue weighted by Gasteiger charge is 2.13. The summed E-state index contributed by atoms with van der Waals surface area (Å²) < 4.78 is 4.92. The van der Waals surface area contributed by atoms with Crippen LogP contribution in [-0.4, -0.2) is 21.0 Å². The molecule has 0 aliphatic heterocycles. The molecule has 0 saturated carbocycles. The molecule has 1 aromatic carbocycles. The van der Waals surface area contributed by atoms with Gasteiger partial charge in [0.2, 0.25) is 5.95 Å². The molecule has 3 rings (SSSR count). The van der Waals surface area contributed by atoms with Crippen molar-refractivity contribution in [3.05, 3.63) is 57.5 Å². The molecule has 0 atom stereocenters. The van der Waals surface area contributed by atoms with Crippen molar-refractivity contribution < 1.29 is 9.32 Å². The van der Waals surface area contributed by atoms with Crippen molar-refractivity contribution in [3.8, 4) is 0 Å². The van der Waals surface area contributed by atoms with Gasteiger partial charge < -0.3 is 15.2 Å². The van der Waals surface area contributed by atoms with Crippen LogP contribution in [0, 0.1) is 13.8 Å². The largest absolute Gasteiger partial charge is 0.360 e. The molecule has 0 spiro atoms. The quantitative estimate of drug-likeness (QED) is 0.700. The fourth-order valence-corrected chi connectivity index (χ4v) is 2.51. The number of carbonyl (C=O) groups excluding carboxylic acids is 1. The molecule has 0 bridgehead atoms. The van der Waals surface area contributed by atoms with Gasteiger partial charge in [0.1, 0.15) is 11.5 Å². The van der Waals surface area contributed by atoms with E-state index in [4.69, 9.17) is 27.7 Å². The van der Waals surface area contributed by atoms with Crippen molar-refractivity contribution in [1.82, 2.24) is 15.1 Å². The minimum atomic E-state index is -0.427. The van der Waals surface area contributed by atoms with Crippen LogP contribution >= 0.6 is 23.2 Å². The first-order valence-corrected chi connectivity index (χ1v) is 7.99. The van der Waals surface area contributed by atoms with Crippen LogP contribution in [0.4, 0.5) is 17.5 Å². The van der Waals surface area contributed by atoms with E-state index in [0.717, 1.165) is 0 Å². The van der Waals surface area contributed by atoms with Crippen molar-refractivity contribution in [2.24, 2.45) is 0 Å². The summed E-state index contributed by atoms with van der Waals surface area (Å²) in [5.74, 6) is 0.720. The first kappa shape index (κ1) is 17.2. The summed E-state index contributed by atoms with van der Waals surface area (Å²) in [4.78, 5) is 20.8. The van der Waals surface area contributed by atoms with E-state index in [1.165, 1.54) is 0 Å². The van der Waals surface area contributed by atoms with Gasteiger partial charge in [-0.2, -0.15) is 0 Å². The summed E-state index contributed by atoms with van der Waals surface area (Å²) in [6, 6.07) is 8.16. The summed E-state index contributed by atoms with van der Waals surface area (Å²) in [5.41, 5.74) is 1.37. The molecule has 128 valence electrons. The van der Waals surface area contributed by atoms with E-state index in [1.54, 1.807) is 44.2 Å². The van der Waals surface area contributed by atoms with Crippen LogP contribution in [0.3, 0.4) is 0 Å². The number of carbonyl (C=O) groups is 1. The Labute approximate surface area is 153 Å². The van der Waals surface area contributed by atoms with E-state index >= 15 is 0 Å². The van der Waals surface area contributed by atoms with Gasteiger partial charge in [-0.25, -0.2) is 9.97 Å². The lowest BCUT2D eigenvalue weighted by molar-refractivity contribution is 0.102. The number of hydrogen-bond acceptors (Lipinski definition) is 6. The molecular weight excluding hydrogens is 365 g/mol. The van der Waals surface area contributed by atoms with E-state index in [1.807, 2.05) is 0 Å². The minimum Gasteiger partial charge on any atom is -0.360 e. The summed E-state index contributed by atoms with van der Waals surface area (Å²) in [5, 5.41) is 10.2. The van der Waals surface area contributed by atoms with Crippen molar-refractivity contribution >= 4 is 46.6 Å². The lowest BCUT2D eigenvalue weighted by atomic mass is 10.3. The number of nitrogens with one attached hydrogen (secondary N) is 2. The number of aryl methyl sites for hydroxylation is 2. The maximum absolute atomic E-state index is 12.3. The zero-order valence-corrected chi connectivity index (χ0v) is 14.8. The average Bonchev–Trinajstić information content (AvgIpc) is 2.94. The van der Waals surface area contributed by atoms with Crippen molar-refractivity contribution in [1.29, 1.82) is 0 Å². The van der Waals surface area contributed by atoms with Crippen LogP contribution < -0.4 is 10.6 Å². The molecule has 7 nitrogen and oxygen atoms in total. The van der Waals surface area contributed by atoms with E-state index in [9.17, 15) is 4.79 Å². The second-order valence-electron chi connectivity index (χ2n) is 5.24. The molecule has 1 amide bonds. The standard InChI is InChI=1S/C16H13Cl2N5O2/c1-8-5-13(15(24)22-14-6-9(2)25-23-14)21-16(19-8)20-12-4-3-10(17)7-11(12)18/h3-7H,1-2H3,(H,19,20,21)(H,22,23,24). The maximum Gasteiger partial charge on any atom is 0.275 e. The highest BCUT2D eigenvalue weighted by Crippen LogP contribution is 2.27. The van der Waals surface area contributed by atoms with Gasteiger partial charge in [0.05, 0.1) is 10.7 Å². The van der Waals surface area contributed by atoms with Crippen molar-refractivity contribution in [2.45, 2.75) is 13.8 Å². The fourth-order valence-electron chi connectivity index (χ4n) is 2.06. The minimum absolute atomic E-state index is 0.181. The number of amides is 1. The molecular formula is C16H13Cl2N5O2. The van der Waals surface area contributed by atoms with Gasteiger partial charge in [-0.3, -0.25) is 4.79 Å². The highest BCUT2D eigenvalue weighted by atomic mass is 35.5. The summed E-state index contributed by atoms with van der Waals surface area (Å²) in [6.07, 6.45) is 0. The third-order valence-electron chi connectivity index (χ3n) is 3.13. The number of nitrogens with zero attached hydrogens (tertiary/aromatic N) is 3. The first-order valence-electron chi connectivity index (χ1n) is 7.23. The van der Waals surface area contributed by atoms with Gasteiger partial charge in [0.25, 0.3) is 5.91 Å². The van der Waals surface area contributed by atoms with Gasteiger partial charge in [0, 0.05) is 16.8 Å². The zero-order valence-electron chi connectivity index (χ0n) is 13.3. The Hall–Kier alpha value is -2.64. The van der Waals surface area contributed by atoms with E-state index in [2.05, 4.69) is 25.8 Å². The molecule has 9 heteroatoms. The molecule has 2 aromatic heterocycles. The summed E-state index contributed by atoms with van der Waals surface area (Å²) in [7, 11) is 0. The normalized spacial score (nSPS) is 10.6. The van der Waals surface area contributed by atoms with Crippen LogP contribution in [0.2, 0.25) is 10.0 Å². The zero-order chi connectivity index (χ0) is 18.0. The Morgan fingerprint density at radius 1 is 1.12 bits per heavy atom. The molecule has 0 unspecified atom stereocenters. The van der Waals surface area contributed by atoms with Gasteiger partial charge in [-0.05, 0) is 38.1 Å². The van der Waals surface area contributed by atoms with Crippen LogP contribution in [0.25, 0.3) is 0 Å². The molecule has 0 aliphatic rings. The van der Waals surface area contributed by atoms with Gasteiger partial charge in [-0.15, -0.1) is 0 Å². The maximum atomic E-state index is 12.3. The Balaban J connectivity index is 1.83. The molecule has 3 aromatic rings. The Morgan fingerprint density at radius 2 is 1.92 bits per heavy atom. The monoisotopic (exact) mass is 377 g/mol. The number of benzene rings is 1. The Morgan fingerprint density at radius 3 is 2.60 bits per heavy atom. The van der Waals surface area contributed by atoms with Crippen LogP contribution in [0.15, 0.2) is 34.9 Å². The van der Waals surface area contributed by atoms with E-state index in [0.29, 0.717) is 33.0 Å². The van der Waals surface area contributed by atoms with Crippen LogP contribution in [0.5, 0.6) is 0 Å². The number of rotatable bonds is 4. The number of halogens is 2.